The number of nitrogens with zero attached hydrogens (tertiary/aromatic N) is 4. The Morgan fingerprint density at radius 2 is 2.00 bits per heavy atom. The Kier molecular flexibility index (Phi) is 5.25. The van der Waals surface area contributed by atoms with Gasteiger partial charge in [-0.3, -0.25) is 4.79 Å². The lowest BCUT2D eigenvalue weighted by Gasteiger charge is -2.10. The number of carbonyl (C=O) groups is 1. The maximum absolute atomic E-state index is 11.9. The van der Waals surface area contributed by atoms with E-state index in [0.717, 1.165) is 16.5 Å². The van der Waals surface area contributed by atoms with Crippen molar-refractivity contribution in [3.63, 3.8) is 0 Å². The number of carbonyl (C=O) groups excluding carboxylic acids is 1. The van der Waals surface area contributed by atoms with Crippen molar-refractivity contribution in [2.24, 2.45) is 0 Å². The summed E-state index contributed by atoms with van der Waals surface area (Å²) in [7, 11) is 3.46. The molecule has 7 heteroatoms. The summed E-state index contributed by atoms with van der Waals surface area (Å²) in [5, 5.41) is 5.86. The molecule has 0 saturated heterocycles. The summed E-state index contributed by atoms with van der Waals surface area (Å²) in [6.07, 6.45) is 0. The second kappa shape index (κ2) is 6.95. The van der Waals surface area contributed by atoms with E-state index in [1.807, 2.05) is 19.1 Å². The number of hydrogen-bond acceptors (Lipinski definition) is 4. The molecular formula is C14H17ClN4OS. The lowest BCUT2D eigenvalue weighted by molar-refractivity contribution is -0.129. The van der Waals surface area contributed by atoms with Crippen molar-refractivity contribution in [1.82, 2.24) is 19.7 Å². The quantitative estimate of drug-likeness (QED) is 0.794. The number of rotatable bonds is 5. The van der Waals surface area contributed by atoms with E-state index in [-0.39, 0.29) is 12.5 Å². The lowest BCUT2D eigenvalue weighted by Crippen LogP contribution is -2.27. The van der Waals surface area contributed by atoms with Crippen LogP contribution in [-0.2, 0) is 11.3 Å². The van der Waals surface area contributed by atoms with Gasteiger partial charge >= 0.3 is 0 Å². The highest BCUT2D eigenvalue weighted by atomic mass is 35.5. The van der Waals surface area contributed by atoms with Crippen LogP contribution < -0.4 is 0 Å². The monoisotopic (exact) mass is 324 g/mol. The highest BCUT2D eigenvalue weighted by molar-refractivity contribution is 7.99. The second-order valence-corrected chi connectivity index (χ2v) is 6.27. The van der Waals surface area contributed by atoms with E-state index >= 15 is 0 Å². The summed E-state index contributed by atoms with van der Waals surface area (Å²) < 4.78 is 1.65. The van der Waals surface area contributed by atoms with Gasteiger partial charge in [0.25, 0.3) is 0 Å². The minimum Gasteiger partial charge on any atom is -0.347 e. The summed E-state index contributed by atoms with van der Waals surface area (Å²) in [5.41, 5.74) is 0.883. The van der Waals surface area contributed by atoms with Gasteiger partial charge in [-0.25, -0.2) is 9.67 Å². The van der Waals surface area contributed by atoms with Gasteiger partial charge in [-0.1, -0.05) is 30.3 Å². The molecule has 1 heterocycles. The van der Waals surface area contributed by atoms with Crippen LogP contribution in [0.3, 0.4) is 0 Å². The standard InChI is InChI=1S/C14H17ClN4OS/c1-4-21-14-16-13(10-5-7-11(15)8-6-10)17-19(14)9-12(20)18(2)3/h5-8H,4,9H2,1-3H3. The van der Waals surface area contributed by atoms with E-state index in [1.165, 1.54) is 0 Å². The van der Waals surface area contributed by atoms with Crippen LogP contribution >= 0.6 is 23.4 Å². The Morgan fingerprint density at radius 1 is 1.33 bits per heavy atom. The molecule has 5 nitrogen and oxygen atoms in total. The lowest BCUT2D eigenvalue weighted by atomic mass is 10.2. The largest absolute Gasteiger partial charge is 0.347 e. The molecule has 0 N–H and O–H groups in total. The van der Waals surface area contributed by atoms with Crippen LogP contribution in [-0.4, -0.2) is 45.4 Å². The zero-order chi connectivity index (χ0) is 15.4. The molecule has 2 rings (SSSR count). The van der Waals surface area contributed by atoms with Gasteiger partial charge in [0.05, 0.1) is 0 Å². The average molecular weight is 325 g/mol. The Labute approximate surface area is 133 Å². The molecule has 0 aliphatic carbocycles. The minimum absolute atomic E-state index is 0.0134. The Balaban J connectivity index is 2.32. The van der Waals surface area contributed by atoms with Crippen LogP contribution in [0, 0.1) is 0 Å². The smallest absolute Gasteiger partial charge is 0.243 e. The maximum Gasteiger partial charge on any atom is 0.243 e. The fourth-order valence-corrected chi connectivity index (χ4v) is 2.45. The van der Waals surface area contributed by atoms with Gasteiger partial charge in [-0.05, 0) is 30.0 Å². The topological polar surface area (TPSA) is 51.0 Å². The van der Waals surface area contributed by atoms with Crippen LogP contribution in [0.15, 0.2) is 29.4 Å². The maximum atomic E-state index is 11.9. The Hall–Kier alpha value is -1.53. The van der Waals surface area contributed by atoms with Crippen LogP contribution in [0.4, 0.5) is 0 Å². The van der Waals surface area contributed by atoms with E-state index in [9.17, 15) is 4.79 Å². The summed E-state index contributed by atoms with van der Waals surface area (Å²) in [6.45, 7) is 2.23. The number of hydrogen-bond donors (Lipinski definition) is 0. The molecule has 0 atom stereocenters. The molecule has 2 aromatic rings. The fraction of sp³-hybridized carbons (Fsp3) is 0.357. The number of benzene rings is 1. The van der Waals surface area contributed by atoms with E-state index in [2.05, 4.69) is 10.1 Å². The fourth-order valence-electron chi connectivity index (χ4n) is 1.66. The van der Waals surface area contributed by atoms with Crippen molar-refractivity contribution in [3.05, 3.63) is 29.3 Å². The predicted octanol–water partition coefficient (Wildman–Crippen LogP) is 2.80. The van der Waals surface area contributed by atoms with Gasteiger partial charge in [-0.2, -0.15) is 0 Å². The third kappa shape index (κ3) is 3.98. The van der Waals surface area contributed by atoms with Crippen LogP contribution in [0.25, 0.3) is 11.4 Å². The van der Waals surface area contributed by atoms with Gasteiger partial charge in [0.1, 0.15) is 6.54 Å². The van der Waals surface area contributed by atoms with Crippen molar-refractivity contribution >= 4 is 29.3 Å². The summed E-state index contributed by atoms with van der Waals surface area (Å²) in [4.78, 5) is 17.9. The molecule has 1 aromatic carbocycles. The van der Waals surface area contributed by atoms with Gasteiger partial charge in [0.2, 0.25) is 5.91 Å². The molecule has 0 unspecified atom stereocenters. The van der Waals surface area contributed by atoms with Crippen LogP contribution in [0.1, 0.15) is 6.92 Å². The molecule has 0 aliphatic heterocycles. The number of amides is 1. The van der Waals surface area contributed by atoms with E-state index < -0.39 is 0 Å². The molecule has 1 amide bonds. The summed E-state index contributed by atoms with van der Waals surface area (Å²) >= 11 is 7.46. The third-order valence-electron chi connectivity index (χ3n) is 2.80. The predicted molar refractivity (Wildman–Crippen MR) is 85.6 cm³/mol. The molecule has 0 radical (unpaired) electrons. The summed E-state index contributed by atoms with van der Waals surface area (Å²) in [6, 6.07) is 7.34. The normalized spacial score (nSPS) is 10.7. The zero-order valence-corrected chi connectivity index (χ0v) is 13.8. The first-order valence-corrected chi connectivity index (χ1v) is 7.91. The van der Waals surface area contributed by atoms with Crippen molar-refractivity contribution in [3.8, 4) is 11.4 Å². The number of likely N-dealkylation sites (N-methyl/N-ethyl adjacent to an activating group) is 1. The first-order valence-electron chi connectivity index (χ1n) is 6.55. The number of aromatic nitrogens is 3. The molecule has 0 saturated carbocycles. The van der Waals surface area contributed by atoms with Crippen molar-refractivity contribution in [1.29, 1.82) is 0 Å². The van der Waals surface area contributed by atoms with Crippen molar-refractivity contribution in [2.75, 3.05) is 19.8 Å². The first-order chi connectivity index (χ1) is 10.0. The molecule has 0 aliphatic rings. The number of halogens is 1. The second-order valence-electron chi connectivity index (χ2n) is 4.60. The average Bonchev–Trinajstić information content (AvgIpc) is 2.83. The number of thioether (sulfide) groups is 1. The zero-order valence-electron chi connectivity index (χ0n) is 12.2. The minimum atomic E-state index is -0.0134. The summed E-state index contributed by atoms with van der Waals surface area (Å²) in [5.74, 6) is 1.46. The van der Waals surface area contributed by atoms with E-state index in [0.29, 0.717) is 10.8 Å². The Morgan fingerprint density at radius 3 is 2.57 bits per heavy atom. The van der Waals surface area contributed by atoms with Gasteiger partial charge < -0.3 is 4.90 Å². The Bertz CT molecular complexity index is 624. The molecule has 1 aromatic heterocycles. The van der Waals surface area contributed by atoms with E-state index in [1.54, 1.807) is 47.6 Å². The molecule has 21 heavy (non-hydrogen) atoms. The molecule has 0 fully saturated rings. The highest BCUT2D eigenvalue weighted by Gasteiger charge is 2.15. The molecule has 0 bridgehead atoms. The van der Waals surface area contributed by atoms with Crippen LogP contribution in [0.2, 0.25) is 5.02 Å². The van der Waals surface area contributed by atoms with Gasteiger partial charge in [0.15, 0.2) is 11.0 Å². The molecular weight excluding hydrogens is 308 g/mol. The highest BCUT2D eigenvalue weighted by Crippen LogP contribution is 2.23. The van der Waals surface area contributed by atoms with Gasteiger partial charge in [0, 0.05) is 24.7 Å². The van der Waals surface area contributed by atoms with Crippen LogP contribution in [0.5, 0.6) is 0 Å². The first kappa shape index (κ1) is 15.9. The van der Waals surface area contributed by atoms with Crippen molar-refractivity contribution < 1.29 is 4.79 Å². The third-order valence-corrected chi connectivity index (χ3v) is 3.90. The van der Waals surface area contributed by atoms with Gasteiger partial charge in [-0.15, -0.1) is 5.10 Å². The molecule has 0 spiro atoms. The van der Waals surface area contributed by atoms with E-state index in [4.69, 9.17) is 11.6 Å². The van der Waals surface area contributed by atoms with Crippen molar-refractivity contribution in [2.45, 2.75) is 18.6 Å². The SMILES string of the molecule is CCSc1nc(-c2ccc(Cl)cc2)nn1CC(=O)N(C)C. The molecule has 112 valence electrons.